The van der Waals surface area contributed by atoms with Crippen LogP contribution in [0, 0.1) is 10.1 Å². The van der Waals surface area contributed by atoms with Gasteiger partial charge in [-0.15, -0.1) is 4.68 Å². The quantitative estimate of drug-likeness (QED) is 0.461. The zero-order chi connectivity index (χ0) is 9.14. The molecule has 1 aromatic heterocycles. The van der Waals surface area contributed by atoms with Crippen molar-refractivity contribution >= 4 is 11.7 Å². The van der Waals surface area contributed by atoms with Crippen LogP contribution in [0.1, 0.15) is 6.92 Å². The lowest BCUT2D eigenvalue weighted by Gasteiger charge is -1.94. The fourth-order valence-electron chi connectivity index (χ4n) is 0.722. The number of carbonyl (C=O) groups excluding carboxylic acids is 1. The Morgan fingerprint density at radius 2 is 2.50 bits per heavy atom. The Morgan fingerprint density at radius 1 is 1.83 bits per heavy atom. The summed E-state index contributed by atoms with van der Waals surface area (Å²) in [5, 5.41) is 13.8. The molecule has 7 nitrogen and oxygen atoms in total. The van der Waals surface area contributed by atoms with Crippen LogP contribution >= 0.6 is 0 Å². The van der Waals surface area contributed by atoms with Gasteiger partial charge in [0.25, 0.3) is 0 Å². The molecule has 0 bridgehead atoms. The van der Waals surface area contributed by atoms with E-state index in [-0.39, 0.29) is 12.3 Å². The summed E-state index contributed by atoms with van der Waals surface area (Å²) in [4.78, 5) is 23.5. The monoisotopic (exact) mass is 170 g/mol. The number of hydrogen-bond donors (Lipinski definition) is 0. The molecule has 1 rings (SSSR count). The molecule has 0 radical (unpaired) electrons. The van der Waals surface area contributed by atoms with Crippen molar-refractivity contribution in [2.75, 3.05) is 0 Å². The molecule has 1 heterocycles. The van der Waals surface area contributed by atoms with Crippen LogP contribution in [0.5, 0.6) is 0 Å². The van der Waals surface area contributed by atoms with Gasteiger partial charge >= 0.3 is 5.95 Å². The highest BCUT2D eigenvalue weighted by Crippen LogP contribution is 2.03. The first-order valence-electron chi connectivity index (χ1n) is 3.13. The van der Waals surface area contributed by atoms with Crippen LogP contribution in [-0.2, 0) is 11.3 Å². The Balaban J connectivity index is 2.91. The van der Waals surface area contributed by atoms with Crippen molar-refractivity contribution in [2.45, 2.75) is 13.5 Å². The summed E-state index contributed by atoms with van der Waals surface area (Å²) >= 11 is 0. The van der Waals surface area contributed by atoms with E-state index in [0.717, 1.165) is 11.0 Å². The number of carbonyl (C=O) groups is 1. The summed E-state index contributed by atoms with van der Waals surface area (Å²) in [7, 11) is 0. The van der Waals surface area contributed by atoms with Gasteiger partial charge in [-0.25, -0.2) is 0 Å². The molecule has 0 atom stereocenters. The number of hydrogen-bond acceptors (Lipinski definition) is 5. The molecular weight excluding hydrogens is 164 g/mol. The zero-order valence-electron chi connectivity index (χ0n) is 6.30. The van der Waals surface area contributed by atoms with Crippen LogP contribution in [0.25, 0.3) is 0 Å². The Labute approximate surface area is 67.2 Å². The summed E-state index contributed by atoms with van der Waals surface area (Å²) in [5.74, 6) is -0.617. The standard InChI is InChI=1S/C5H6N4O3/c1-4(10)2-8-5(9(11)12)6-3-7-8/h3H,2H2,1H3. The molecular formula is C5H6N4O3. The van der Waals surface area contributed by atoms with Crippen molar-refractivity contribution in [3.05, 3.63) is 16.4 Å². The first-order chi connectivity index (χ1) is 5.61. The molecule has 12 heavy (non-hydrogen) atoms. The molecule has 0 unspecified atom stereocenters. The molecule has 0 aliphatic heterocycles. The van der Waals surface area contributed by atoms with Crippen molar-refractivity contribution in [3.63, 3.8) is 0 Å². The molecule has 0 fully saturated rings. The van der Waals surface area contributed by atoms with E-state index < -0.39 is 10.9 Å². The molecule has 0 spiro atoms. The van der Waals surface area contributed by atoms with Crippen LogP contribution in [0.15, 0.2) is 6.33 Å². The normalized spacial score (nSPS) is 9.75. The second kappa shape index (κ2) is 3.07. The van der Waals surface area contributed by atoms with Crippen LogP contribution in [0.3, 0.4) is 0 Å². The van der Waals surface area contributed by atoms with Gasteiger partial charge in [-0.3, -0.25) is 4.79 Å². The SMILES string of the molecule is CC(=O)Cn1ncnc1[N+](=O)[O-]. The Bertz CT molecular complexity index is 318. The minimum atomic E-state index is -0.685. The van der Waals surface area contributed by atoms with Crippen LogP contribution in [0.2, 0.25) is 0 Å². The van der Waals surface area contributed by atoms with E-state index in [2.05, 4.69) is 10.1 Å². The first kappa shape index (κ1) is 8.31. The summed E-state index contributed by atoms with van der Waals surface area (Å²) in [6.45, 7) is 1.21. The highest BCUT2D eigenvalue weighted by molar-refractivity contribution is 5.75. The number of Topliss-reactive ketones (excluding diaryl/α,β-unsaturated/α-hetero) is 1. The van der Waals surface area contributed by atoms with Crippen molar-refractivity contribution in [1.29, 1.82) is 0 Å². The molecule has 0 saturated carbocycles. The van der Waals surface area contributed by atoms with Gasteiger partial charge in [0.1, 0.15) is 0 Å². The molecule has 64 valence electrons. The van der Waals surface area contributed by atoms with Crippen molar-refractivity contribution in [3.8, 4) is 0 Å². The lowest BCUT2D eigenvalue weighted by atomic mass is 10.4. The topological polar surface area (TPSA) is 90.9 Å². The van der Waals surface area contributed by atoms with Gasteiger partial charge < -0.3 is 10.1 Å². The molecule has 0 aromatic carbocycles. The van der Waals surface area contributed by atoms with E-state index in [1.54, 1.807) is 0 Å². The van der Waals surface area contributed by atoms with E-state index in [0.29, 0.717) is 0 Å². The molecule has 0 N–H and O–H groups in total. The van der Waals surface area contributed by atoms with E-state index >= 15 is 0 Å². The molecule has 0 saturated heterocycles. The number of nitro groups is 1. The smallest absolute Gasteiger partial charge is 0.390 e. The van der Waals surface area contributed by atoms with E-state index in [9.17, 15) is 14.9 Å². The zero-order valence-corrected chi connectivity index (χ0v) is 6.30. The summed E-state index contributed by atoms with van der Waals surface area (Å²) in [5.41, 5.74) is 0. The second-order valence-electron chi connectivity index (χ2n) is 2.18. The third-order valence-electron chi connectivity index (χ3n) is 1.13. The first-order valence-corrected chi connectivity index (χ1v) is 3.13. The fourth-order valence-corrected chi connectivity index (χ4v) is 0.722. The maximum atomic E-state index is 10.6. The number of aromatic nitrogens is 3. The maximum absolute atomic E-state index is 10.6. The van der Waals surface area contributed by atoms with Crippen LogP contribution in [0.4, 0.5) is 5.95 Å². The summed E-state index contributed by atoms with van der Waals surface area (Å²) in [6, 6.07) is 0. The molecule has 0 aliphatic carbocycles. The van der Waals surface area contributed by atoms with Crippen LogP contribution in [-0.4, -0.2) is 25.5 Å². The van der Waals surface area contributed by atoms with Gasteiger partial charge in [0, 0.05) is 0 Å². The summed E-state index contributed by atoms with van der Waals surface area (Å²) in [6.07, 6.45) is 1.04. The van der Waals surface area contributed by atoms with Crippen molar-refractivity contribution < 1.29 is 9.72 Å². The van der Waals surface area contributed by atoms with Gasteiger partial charge in [-0.05, 0) is 11.8 Å². The molecule has 7 heteroatoms. The van der Waals surface area contributed by atoms with Gasteiger partial charge in [0.05, 0.1) is 0 Å². The average Bonchev–Trinajstić information content (AvgIpc) is 2.33. The lowest BCUT2D eigenvalue weighted by molar-refractivity contribution is -0.397. The van der Waals surface area contributed by atoms with Gasteiger partial charge in [0.2, 0.25) is 6.33 Å². The van der Waals surface area contributed by atoms with Crippen molar-refractivity contribution in [1.82, 2.24) is 14.8 Å². The fraction of sp³-hybridized carbons (Fsp3) is 0.400. The average molecular weight is 170 g/mol. The van der Waals surface area contributed by atoms with E-state index in [1.807, 2.05) is 0 Å². The summed E-state index contributed by atoms with van der Waals surface area (Å²) < 4.78 is 0.947. The number of rotatable bonds is 3. The second-order valence-corrected chi connectivity index (χ2v) is 2.18. The highest BCUT2D eigenvalue weighted by atomic mass is 16.6. The molecule has 0 aliphatic rings. The predicted octanol–water partition coefficient (Wildman–Crippen LogP) is -0.225. The number of nitrogens with zero attached hydrogens (tertiary/aromatic N) is 4. The minimum Gasteiger partial charge on any atom is -0.390 e. The van der Waals surface area contributed by atoms with Gasteiger partial charge in [-0.2, -0.15) is 0 Å². The third kappa shape index (κ3) is 1.62. The third-order valence-corrected chi connectivity index (χ3v) is 1.13. The Kier molecular flexibility index (Phi) is 2.13. The van der Waals surface area contributed by atoms with E-state index in [4.69, 9.17) is 0 Å². The predicted molar refractivity (Wildman–Crippen MR) is 37.4 cm³/mol. The van der Waals surface area contributed by atoms with Crippen LogP contribution < -0.4 is 0 Å². The Morgan fingerprint density at radius 3 is 3.00 bits per heavy atom. The number of ketones is 1. The maximum Gasteiger partial charge on any atom is 0.456 e. The Hall–Kier alpha value is -1.79. The lowest BCUT2D eigenvalue weighted by Crippen LogP contribution is -2.10. The molecule has 1 aromatic rings. The minimum absolute atomic E-state index is 0.115. The van der Waals surface area contributed by atoms with Gasteiger partial charge in [0.15, 0.2) is 12.3 Å². The van der Waals surface area contributed by atoms with Crippen molar-refractivity contribution in [2.24, 2.45) is 0 Å². The van der Waals surface area contributed by atoms with Gasteiger partial charge in [-0.1, -0.05) is 10.1 Å². The van der Waals surface area contributed by atoms with E-state index in [1.165, 1.54) is 6.92 Å². The largest absolute Gasteiger partial charge is 0.456 e. The highest BCUT2D eigenvalue weighted by Gasteiger charge is 2.16. The molecule has 0 amide bonds.